The standard InChI is InChI=1S/C26H26N2O5/c29-26(30)20-12-4-6-14-22(20)31-17-9-8-16-27-18-24(32-19-10-2-1-3-11-19)25-28-21-13-5-7-15-23(21)33-25/h1-7,10-15,24,27H,8-9,16-18H2,(H,29,30). The molecule has 33 heavy (non-hydrogen) atoms. The maximum absolute atomic E-state index is 11.3. The molecule has 4 rings (SSSR count). The summed E-state index contributed by atoms with van der Waals surface area (Å²) in [4.78, 5) is 15.8. The number of oxazole rings is 1. The molecular formula is C26H26N2O5. The molecule has 1 heterocycles. The molecule has 4 aromatic rings. The Morgan fingerprint density at radius 2 is 1.73 bits per heavy atom. The summed E-state index contributed by atoms with van der Waals surface area (Å²) in [5, 5.41) is 12.6. The van der Waals surface area contributed by atoms with Crippen LogP contribution in [-0.4, -0.2) is 35.8 Å². The van der Waals surface area contributed by atoms with Crippen molar-refractivity contribution in [2.75, 3.05) is 19.7 Å². The van der Waals surface area contributed by atoms with Crippen LogP contribution in [0.3, 0.4) is 0 Å². The highest BCUT2D eigenvalue weighted by molar-refractivity contribution is 5.90. The minimum atomic E-state index is -0.990. The van der Waals surface area contributed by atoms with Crippen LogP contribution in [0.15, 0.2) is 83.3 Å². The first-order valence-corrected chi connectivity index (χ1v) is 10.9. The topological polar surface area (TPSA) is 93.8 Å². The van der Waals surface area contributed by atoms with Crippen molar-refractivity contribution in [1.82, 2.24) is 10.3 Å². The van der Waals surface area contributed by atoms with Gasteiger partial charge in [0, 0.05) is 6.54 Å². The molecule has 7 nitrogen and oxygen atoms in total. The molecule has 2 N–H and O–H groups in total. The Bertz CT molecular complexity index is 1140. The molecule has 0 aliphatic carbocycles. The number of carboxylic acid groups (broad SMARTS) is 1. The molecule has 170 valence electrons. The number of aromatic nitrogens is 1. The third-order valence-electron chi connectivity index (χ3n) is 5.06. The molecule has 0 aliphatic heterocycles. The van der Waals surface area contributed by atoms with E-state index in [9.17, 15) is 9.90 Å². The predicted molar refractivity (Wildman–Crippen MR) is 125 cm³/mol. The number of hydrogen-bond donors (Lipinski definition) is 2. The minimum absolute atomic E-state index is 0.176. The number of hydrogen-bond acceptors (Lipinski definition) is 6. The molecule has 0 saturated carbocycles. The zero-order valence-corrected chi connectivity index (χ0v) is 18.1. The van der Waals surface area contributed by atoms with Gasteiger partial charge in [-0.15, -0.1) is 0 Å². The van der Waals surface area contributed by atoms with Crippen LogP contribution in [0.25, 0.3) is 11.1 Å². The van der Waals surface area contributed by atoms with Crippen LogP contribution < -0.4 is 14.8 Å². The number of unbranched alkanes of at least 4 members (excludes halogenated alkanes) is 1. The lowest BCUT2D eigenvalue weighted by Gasteiger charge is -2.17. The van der Waals surface area contributed by atoms with E-state index in [1.165, 1.54) is 6.07 Å². The Labute approximate surface area is 192 Å². The van der Waals surface area contributed by atoms with Crippen LogP contribution in [0.1, 0.15) is 35.2 Å². The summed E-state index contributed by atoms with van der Waals surface area (Å²) >= 11 is 0. The van der Waals surface area contributed by atoms with Crippen molar-refractivity contribution in [1.29, 1.82) is 0 Å². The fourth-order valence-electron chi connectivity index (χ4n) is 3.41. The quantitative estimate of drug-likeness (QED) is 0.293. The molecule has 0 radical (unpaired) electrons. The second kappa shape index (κ2) is 11.2. The number of rotatable bonds is 12. The fourth-order valence-corrected chi connectivity index (χ4v) is 3.41. The first kappa shape index (κ1) is 22.4. The summed E-state index contributed by atoms with van der Waals surface area (Å²) in [5.74, 6) is 0.680. The summed E-state index contributed by atoms with van der Waals surface area (Å²) in [5.41, 5.74) is 1.70. The van der Waals surface area contributed by atoms with Crippen molar-refractivity contribution in [2.45, 2.75) is 18.9 Å². The first-order chi connectivity index (χ1) is 16.2. The van der Waals surface area contributed by atoms with Crippen LogP contribution in [0, 0.1) is 0 Å². The summed E-state index contributed by atoms with van der Waals surface area (Å²) in [6, 6.07) is 23.9. The van der Waals surface area contributed by atoms with E-state index >= 15 is 0 Å². The van der Waals surface area contributed by atoms with Gasteiger partial charge in [-0.05, 0) is 55.8 Å². The number of carbonyl (C=O) groups is 1. The van der Waals surface area contributed by atoms with Gasteiger partial charge in [0.05, 0.1) is 6.61 Å². The monoisotopic (exact) mass is 446 g/mol. The molecular weight excluding hydrogens is 420 g/mol. The van der Waals surface area contributed by atoms with E-state index in [0.29, 0.717) is 24.8 Å². The smallest absolute Gasteiger partial charge is 0.339 e. The van der Waals surface area contributed by atoms with Gasteiger partial charge < -0.3 is 24.3 Å². The molecule has 0 aliphatic rings. The fraction of sp³-hybridized carbons (Fsp3) is 0.231. The van der Waals surface area contributed by atoms with E-state index in [-0.39, 0.29) is 11.7 Å². The largest absolute Gasteiger partial charge is 0.493 e. The van der Waals surface area contributed by atoms with Gasteiger partial charge in [-0.1, -0.05) is 42.5 Å². The number of carboxylic acids is 1. The highest BCUT2D eigenvalue weighted by atomic mass is 16.5. The number of nitrogens with one attached hydrogen (secondary N) is 1. The minimum Gasteiger partial charge on any atom is -0.493 e. The predicted octanol–water partition coefficient (Wildman–Crippen LogP) is 5.09. The second-order valence-corrected chi connectivity index (χ2v) is 7.50. The lowest BCUT2D eigenvalue weighted by Crippen LogP contribution is -2.26. The average molecular weight is 447 g/mol. The molecule has 3 aromatic carbocycles. The van der Waals surface area contributed by atoms with Crippen molar-refractivity contribution < 1.29 is 23.8 Å². The summed E-state index contributed by atoms with van der Waals surface area (Å²) in [7, 11) is 0. The number of para-hydroxylation sites is 4. The Kier molecular flexibility index (Phi) is 7.56. The first-order valence-electron chi connectivity index (χ1n) is 10.9. The van der Waals surface area contributed by atoms with Crippen molar-refractivity contribution in [3.63, 3.8) is 0 Å². The zero-order valence-electron chi connectivity index (χ0n) is 18.1. The molecule has 0 bridgehead atoms. The third kappa shape index (κ3) is 6.11. The van der Waals surface area contributed by atoms with Crippen LogP contribution >= 0.6 is 0 Å². The highest BCUT2D eigenvalue weighted by Crippen LogP contribution is 2.24. The van der Waals surface area contributed by atoms with E-state index in [0.717, 1.165) is 36.2 Å². The van der Waals surface area contributed by atoms with Gasteiger partial charge in [0.15, 0.2) is 11.7 Å². The van der Waals surface area contributed by atoms with Gasteiger partial charge >= 0.3 is 5.97 Å². The van der Waals surface area contributed by atoms with E-state index in [1.54, 1.807) is 18.2 Å². The Morgan fingerprint density at radius 3 is 2.55 bits per heavy atom. The Balaban J connectivity index is 1.28. The summed E-state index contributed by atoms with van der Waals surface area (Å²) in [6.07, 6.45) is 1.27. The van der Waals surface area contributed by atoms with Gasteiger partial charge in [-0.2, -0.15) is 0 Å². The van der Waals surface area contributed by atoms with Crippen molar-refractivity contribution in [3.8, 4) is 11.5 Å². The zero-order chi connectivity index (χ0) is 22.9. The molecule has 7 heteroatoms. The van der Waals surface area contributed by atoms with Crippen LogP contribution in [0.2, 0.25) is 0 Å². The molecule has 0 fully saturated rings. The Hall–Kier alpha value is -3.84. The lowest BCUT2D eigenvalue weighted by atomic mass is 10.2. The molecule has 0 saturated heterocycles. The van der Waals surface area contributed by atoms with Crippen LogP contribution in [0.5, 0.6) is 11.5 Å². The number of nitrogens with zero attached hydrogens (tertiary/aromatic N) is 1. The van der Waals surface area contributed by atoms with Gasteiger partial charge in [-0.3, -0.25) is 0 Å². The number of ether oxygens (including phenoxy) is 2. The average Bonchev–Trinajstić information content (AvgIpc) is 3.28. The third-order valence-corrected chi connectivity index (χ3v) is 5.06. The molecule has 1 unspecified atom stereocenters. The second-order valence-electron chi connectivity index (χ2n) is 7.50. The molecule has 1 aromatic heterocycles. The van der Waals surface area contributed by atoms with Crippen LogP contribution in [0.4, 0.5) is 0 Å². The van der Waals surface area contributed by atoms with Gasteiger partial charge in [0.2, 0.25) is 5.89 Å². The SMILES string of the molecule is O=C(O)c1ccccc1OCCCCNCC(Oc1ccccc1)c1nc2ccccc2o1. The number of fused-ring (bicyclic) bond motifs is 1. The molecule has 1 atom stereocenters. The van der Waals surface area contributed by atoms with E-state index in [1.807, 2.05) is 54.6 Å². The maximum Gasteiger partial charge on any atom is 0.339 e. The van der Waals surface area contributed by atoms with Crippen molar-refractivity contribution in [3.05, 3.63) is 90.3 Å². The van der Waals surface area contributed by atoms with Crippen molar-refractivity contribution >= 4 is 17.1 Å². The van der Waals surface area contributed by atoms with Crippen LogP contribution in [-0.2, 0) is 0 Å². The van der Waals surface area contributed by atoms with Crippen molar-refractivity contribution in [2.24, 2.45) is 0 Å². The number of aromatic carboxylic acids is 1. The van der Waals surface area contributed by atoms with E-state index in [2.05, 4.69) is 10.3 Å². The summed E-state index contributed by atoms with van der Waals surface area (Å²) < 4.78 is 17.7. The number of benzene rings is 3. The normalized spacial score (nSPS) is 11.9. The van der Waals surface area contributed by atoms with E-state index < -0.39 is 5.97 Å². The highest BCUT2D eigenvalue weighted by Gasteiger charge is 2.20. The van der Waals surface area contributed by atoms with E-state index in [4.69, 9.17) is 13.9 Å². The molecule has 0 amide bonds. The van der Waals surface area contributed by atoms with Gasteiger partial charge in [-0.25, -0.2) is 9.78 Å². The molecule has 0 spiro atoms. The Morgan fingerprint density at radius 1 is 0.970 bits per heavy atom. The van der Waals surface area contributed by atoms with Gasteiger partial charge in [0.25, 0.3) is 0 Å². The maximum atomic E-state index is 11.3. The van der Waals surface area contributed by atoms with Gasteiger partial charge in [0.1, 0.15) is 22.6 Å². The summed E-state index contributed by atoms with van der Waals surface area (Å²) in [6.45, 7) is 1.73. The lowest BCUT2D eigenvalue weighted by molar-refractivity contribution is 0.0692.